The van der Waals surface area contributed by atoms with E-state index in [4.69, 9.17) is 4.74 Å². The van der Waals surface area contributed by atoms with E-state index in [1.54, 1.807) is 19.5 Å². The van der Waals surface area contributed by atoms with Crippen molar-refractivity contribution < 1.29 is 4.74 Å². The Morgan fingerprint density at radius 3 is 3.25 bits per heavy atom. The number of anilines is 1. The number of rotatable bonds is 6. The van der Waals surface area contributed by atoms with E-state index < -0.39 is 0 Å². The maximum Gasteiger partial charge on any atom is 0.203 e. The number of imidazole rings is 1. The van der Waals surface area contributed by atoms with Crippen LogP contribution in [0.1, 0.15) is 5.56 Å². The minimum absolute atomic E-state index is 0.665. The zero-order valence-corrected chi connectivity index (χ0v) is 9.18. The van der Waals surface area contributed by atoms with E-state index in [1.807, 2.05) is 17.0 Å². The summed E-state index contributed by atoms with van der Waals surface area (Å²) in [5, 5.41) is 9.90. The van der Waals surface area contributed by atoms with E-state index in [0.29, 0.717) is 6.61 Å². The van der Waals surface area contributed by atoms with Crippen molar-refractivity contribution in [2.24, 2.45) is 0 Å². The maximum atomic E-state index is 4.97. The number of methoxy groups -OCH3 is 1. The number of H-pyrrole nitrogens is 1. The smallest absolute Gasteiger partial charge is 0.203 e. The second kappa shape index (κ2) is 5.32. The zero-order valence-electron chi connectivity index (χ0n) is 9.18. The second-order valence-corrected chi connectivity index (χ2v) is 3.40. The number of hydrogen-bond acceptors (Lipinski definition) is 4. The van der Waals surface area contributed by atoms with Crippen LogP contribution in [-0.2, 0) is 11.3 Å². The molecule has 2 rings (SSSR count). The van der Waals surface area contributed by atoms with Crippen molar-refractivity contribution in [1.29, 1.82) is 0 Å². The summed E-state index contributed by atoms with van der Waals surface area (Å²) in [6.45, 7) is 2.17. The lowest BCUT2D eigenvalue weighted by molar-refractivity contribution is 0.210. The Bertz CT molecular complexity index is 409. The van der Waals surface area contributed by atoms with Crippen LogP contribution in [0.25, 0.3) is 0 Å². The monoisotopic (exact) mass is 221 g/mol. The van der Waals surface area contributed by atoms with Crippen LogP contribution in [-0.4, -0.2) is 40.0 Å². The molecule has 2 heterocycles. The van der Waals surface area contributed by atoms with Crippen LogP contribution < -0.4 is 5.32 Å². The summed E-state index contributed by atoms with van der Waals surface area (Å²) in [6.07, 6.45) is 7.38. The standard InChI is InChI=1S/C10H15N5O/c1-16-5-3-12-10-11-2-4-15(10)8-9-6-13-14-7-9/h2,4,6-7H,3,5,8H2,1H3,(H,11,12)(H,13,14). The molecule has 0 radical (unpaired) electrons. The van der Waals surface area contributed by atoms with Gasteiger partial charge in [0.05, 0.1) is 19.3 Å². The molecule has 2 aromatic heterocycles. The number of aromatic amines is 1. The zero-order chi connectivity index (χ0) is 11.2. The lowest BCUT2D eigenvalue weighted by atomic mass is 10.3. The summed E-state index contributed by atoms with van der Waals surface area (Å²) >= 11 is 0. The lowest BCUT2D eigenvalue weighted by Crippen LogP contribution is -2.12. The van der Waals surface area contributed by atoms with Crippen LogP contribution in [0.4, 0.5) is 5.95 Å². The molecule has 0 atom stereocenters. The molecule has 2 aromatic rings. The van der Waals surface area contributed by atoms with Gasteiger partial charge >= 0.3 is 0 Å². The highest BCUT2D eigenvalue weighted by Gasteiger charge is 2.02. The summed E-state index contributed by atoms with van der Waals surface area (Å²) in [5.74, 6) is 0.846. The lowest BCUT2D eigenvalue weighted by Gasteiger charge is -2.08. The molecule has 0 bridgehead atoms. The van der Waals surface area contributed by atoms with Gasteiger partial charge in [0.25, 0.3) is 0 Å². The quantitative estimate of drug-likeness (QED) is 0.705. The molecule has 2 N–H and O–H groups in total. The molecule has 16 heavy (non-hydrogen) atoms. The van der Waals surface area contributed by atoms with E-state index in [2.05, 4.69) is 20.5 Å². The molecule has 0 aliphatic carbocycles. The molecular weight excluding hydrogens is 206 g/mol. The van der Waals surface area contributed by atoms with Gasteiger partial charge in [0.15, 0.2) is 0 Å². The molecule has 0 aliphatic rings. The van der Waals surface area contributed by atoms with Gasteiger partial charge in [0.2, 0.25) is 5.95 Å². The van der Waals surface area contributed by atoms with E-state index >= 15 is 0 Å². The summed E-state index contributed by atoms with van der Waals surface area (Å²) in [4.78, 5) is 4.23. The fourth-order valence-corrected chi connectivity index (χ4v) is 1.43. The van der Waals surface area contributed by atoms with Crippen LogP contribution in [0.2, 0.25) is 0 Å². The third kappa shape index (κ3) is 2.60. The molecule has 0 aromatic carbocycles. The highest BCUT2D eigenvalue weighted by atomic mass is 16.5. The van der Waals surface area contributed by atoms with Crippen molar-refractivity contribution in [2.75, 3.05) is 25.6 Å². The molecule has 0 aliphatic heterocycles. The average molecular weight is 221 g/mol. The summed E-state index contributed by atoms with van der Waals surface area (Å²) < 4.78 is 7.00. The Morgan fingerprint density at radius 2 is 2.50 bits per heavy atom. The van der Waals surface area contributed by atoms with Gasteiger partial charge in [-0.25, -0.2) is 4.98 Å². The largest absolute Gasteiger partial charge is 0.383 e. The molecule has 0 amide bonds. The van der Waals surface area contributed by atoms with Crippen molar-refractivity contribution in [3.05, 3.63) is 30.4 Å². The first-order chi connectivity index (χ1) is 7.90. The molecular formula is C10H15N5O. The minimum atomic E-state index is 0.665. The number of hydrogen-bond donors (Lipinski definition) is 2. The molecule has 0 unspecified atom stereocenters. The predicted molar refractivity (Wildman–Crippen MR) is 60.3 cm³/mol. The van der Waals surface area contributed by atoms with E-state index in [1.165, 1.54) is 0 Å². The number of nitrogens with one attached hydrogen (secondary N) is 2. The van der Waals surface area contributed by atoms with Crippen LogP contribution in [0.3, 0.4) is 0 Å². The van der Waals surface area contributed by atoms with Crippen LogP contribution >= 0.6 is 0 Å². The fraction of sp³-hybridized carbons (Fsp3) is 0.400. The molecule has 0 saturated heterocycles. The number of aromatic nitrogens is 4. The Kier molecular flexibility index (Phi) is 3.55. The first-order valence-electron chi connectivity index (χ1n) is 5.12. The number of ether oxygens (including phenoxy) is 1. The Morgan fingerprint density at radius 1 is 1.56 bits per heavy atom. The minimum Gasteiger partial charge on any atom is -0.383 e. The van der Waals surface area contributed by atoms with Gasteiger partial charge < -0.3 is 14.6 Å². The highest BCUT2D eigenvalue weighted by Crippen LogP contribution is 2.07. The molecule has 86 valence electrons. The molecule has 6 nitrogen and oxygen atoms in total. The van der Waals surface area contributed by atoms with Gasteiger partial charge in [-0.15, -0.1) is 0 Å². The van der Waals surface area contributed by atoms with Crippen LogP contribution in [0.5, 0.6) is 0 Å². The van der Waals surface area contributed by atoms with Gasteiger partial charge in [-0.1, -0.05) is 0 Å². The first kappa shape index (κ1) is 10.7. The van der Waals surface area contributed by atoms with Crippen molar-refractivity contribution in [1.82, 2.24) is 19.7 Å². The Hall–Kier alpha value is -1.82. The second-order valence-electron chi connectivity index (χ2n) is 3.40. The number of nitrogens with zero attached hydrogens (tertiary/aromatic N) is 3. The topological polar surface area (TPSA) is 67.8 Å². The van der Waals surface area contributed by atoms with E-state index in [-0.39, 0.29) is 0 Å². The third-order valence-corrected chi connectivity index (χ3v) is 2.21. The van der Waals surface area contributed by atoms with Crippen LogP contribution in [0.15, 0.2) is 24.8 Å². The van der Waals surface area contributed by atoms with Crippen molar-refractivity contribution in [2.45, 2.75) is 6.54 Å². The Balaban J connectivity index is 1.96. The molecule has 0 saturated carbocycles. The van der Waals surface area contributed by atoms with Gasteiger partial charge in [-0.2, -0.15) is 5.10 Å². The van der Waals surface area contributed by atoms with Gasteiger partial charge in [0, 0.05) is 37.8 Å². The average Bonchev–Trinajstić information content (AvgIpc) is 2.92. The fourth-order valence-electron chi connectivity index (χ4n) is 1.43. The van der Waals surface area contributed by atoms with Gasteiger partial charge in [0.1, 0.15) is 0 Å². The van der Waals surface area contributed by atoms with E-state index in [0.717, 1.165) is 24.6 Å². The van der Waals surface area contributed by atoms with Crippen molar-refractivity contribution in [3.8, 4) is 0 Å². The molecule has 0 fully saturated rings. The SMILES string of the molecule is COCCNc1nccn1Cc1cn[nH]c1. The van der Waals surface area contributed by atoms with Gasteiger partial charge in [-0.3, -0.25) is 5.10 Å². The summed E-state index contributed by atoms with van der Waals surface area (Å²) in [5.41, 5.74) is 1.12. The summed E-state index contributed by atoms with van der Waals surface area (Å²) in [7, 11) is 1.68. The molecule has 6 heteroatoms. The predicted octanol–water partition coefficient (Wildman–Crippen LogP) is 0.713. The van der Waals surface area contributed by atoms with Crippen LogP contribution in [0, 0.1) is 0 Å². The van der Waals surface area contributed by atoms with Crippen molar-refractivity contribution >= 4 is 5.95 Å². The highest BCUT2D eigenvalue weighted by molar-refractivity contribution is 5.27. The normalized spacial score (nSPS) is 10.6. The van der Waals surface area contributed by atoms with Crippen molar-refractivity contribution in [3.63, 3.8) is 0 Å². The third-order valence-electron chi connectivity index (χ3n) is 2.21. The first-order valence-corrected chi connectivity index (χ1v) is 5.12. The maximum absolute atomic E-state index is 4.97. The van der Waals surface area contributed by atoms with Gasteiger partial charge in [-0.05, 0) is 0 Å². The molecule has 0 spiro atoms. The van der Waals surface area contributed by atoms with E-state index in [9.17, 15) is 0 Å². The summed E-state index contributed by atoms with van der Waals surface area (Å²) in [6, 6.07) is 0. The Labute approximate surface area is 93.6 Å².